The zero-order valence-corrected chi connectivity index (χ0v) is 15.4. The van der Waals surface area contributed by atoms with Crippen LogP contribution in [0.25, 0.3) is 0 Å². The number of thiophene rings is 1. The van der Waals surface area contributed by atoms with Crippen molar-refractivity contribution in [2.45, 2.75) is 25.3 Å². The lowest BCUT2D eigenvalue weighted by atomic mass is 9.94. The van der Waals surface area contributed by atoms with Crippen molar-refractivity contribution >= 4 is 67.1 Å². The van der Waals surface area contributed by atoms with E-state index in [9.17, 15) is 0 Å². The summed E-state index contributed by atoms with van der Waals surface area (Å²) >= 11 is 14.0. The van der Waals surface area contributed by atoms with Crippen LogP contribution in [0.2, 0.25) is 5.02 Å². The molecule has 1 heterocycles. The van der Waals surface area contributed by atoms with E-state index in [2.05, 4.69) is 49.9 Å². The van der Waals surface area contributed by atoms with Gasteiger partial charge in [0.25, 0.3) is 0 Å². The van der Waals surface area contributed by atoms with Crippen LogP contribution in [-0.4, -0.2) is 0 Å². The summed E-state index contributed by atoms with van der Waals surface area (Å²) in [4.78, 5) is 1.53. The molecule has 3 rings (SSSR count). The van der Waals surface area contributed by atoms with E-state index in [1.807, 2.05) is 29.5 Å². The van der Waals surface area contributed by atoms with Crippen molar-refractivity contribution in [2.24, 2.45) is 0 Å². The first kappa shape index (κ1) is 14.2. The molecule has 1 aliphatic carbocycles. The van der Waals surface area contributed by atoms with Gasteiger partial charge in [0, 0.05) is 14.4 Å². The number of hydrogen-bond donors (Lipinski definition) is 1. The standard InChI is InChI=1S/C14H12BrClINS/c15-10-5-4-8(16)6-12(10)18-11-2-1-3-13-9(11)7-14(17)19-13/h4-7,11,18H,1-3H2. The Morgan fingerprint density at radius 1 is 1.37 bits per heavy atom. The monoisotopic (exact) mass is 467 g/mol. The van der Waals surface area contributed by atoms with Crippen LogP contribution in [0.4, 0.5) is 5.69 Å². The SMILES string of the molecule is Clc1ccc(Br)c(NC2CCCc3sc(I)cc32)c1. The van der Waals surface area contributed by atoms with Crippen LogP contribution in [0, 0.1) is 2.88 Å². The molecule has 0 saturated carbocycles. The second-order valence-corrected chi connectivity index (χ2v) is 8.96. The highest BCUT2D eigenvalue weighted by Gasteiger charge is 2.23. The van der Waals surface area contributed by atoms with Crippen molar-refractivity contribution in [1.29, 1.82) is 0 Å². The highest BCUT2D eigenvalue weighted by molar-refractivity contribution is 14.1. The Kier molecular flexibility index (Phi) is 4.41. The number of aryl methyl sites for hydroxylation is 1. The average Bonchev–Trinajstić information content (AvgIpc) is 2.75. The van der Waals surface area contributed by atoms with Gasteiger partial charge in [-0.2, -0.15) is 0 Å². The highest BCUT2D eigenvalue weighted by Crippen LogP contribution is 2.39. The quantitative estimate of drug-likeness (QED) is 0.513. The van der Waals surface area contributed by atoms with Crippen molar-refractivity contribution in [1.82, 2.24) is 0 Å². The Bertz CT molecular complexity index is 613. The maximum absolute atomic E-state index is 6.08. The zero-order chi connectivity index (χ0) is 13.4. The van der Waals surface area contributed by atoms with E-state index in [1.54, 1.807) is 0 Å². The first-order chi connectivity index (χ1) is 9.13. The van der Waals surface area contributed by atoms with Crippen molar-refractivity contribution < 1.29 is 0 Å². The Hall–Kier alpha value is 0.220. The van der Waals surface area contributed by atoms with Crippen LogP contribution in [0.1, 0.15) is 29.3 Å². The predicted octanol–water partition coefficient (Wildman–Crippen LogP) is 6.26. The molecular formula is C14H12BrClINS. The number of anilines is 1. The molecule has 0 fully saturated rings. The fourth-order valence-electron chi connectivity index (χ4n) is 2.47. The Balaban J connectivity index is 1.90. The molecule has 1 aliphatic rings. The zero-order valence-electron chi connectivity index (χ0n) is 10.1. The largest absolute Gasteiger partial charge is 0.377 e. The Morgan fingerprint density at radius 2 is 2.21 bits per heavy atom. The van der Waals surface area contributed by atoms with E-state index in [0.717, 1.165) is 15.2 Å². The number of hydrogen-bond acceptors (Lipinski definition) is 2. The van der Waals surface area contributed by atoms with Gasteiger partial charge in [0.05, 0.1) is 14.6 Å². The molecule has 100 valence electrons. The maximum Gasteiger partial charge on any atom is 0.0660 e. The third-order valence-corrected chi connectivity index (χ3v) is 6.24. The highest BCUT2D eigenvalue weighted by atomic mass is 127. The third kappa shape index (κ3) is 3.12. The van der Waals surface area contributed by atoms with Gasteiger partial charge < -0.3 is 5.32 Å². The Labute approximate surface area is 144 Å². The van der Waals surface area contributed by atoms with Crippen molar-refractivity contribution in [3.05, 3.63) is 47.1 Å². The average molecular weight is 469 g/mol. The van der Waals surface area contributed by atoms with Crippen LogP contribution in [-0.2, 0) is 6.42 Å². The van der Waals surface area contributed by atoms with Crippen molar-refractivity contribution in [2.75, 3.05) is 5.32 Å². The molecule has 0 aliphatic heterocycles. The van der Waals surface area contributed by atoms with E-state index in [0.29, 0.717) is 6.04 Å². The molecule has 19 heavy (non-hydrogen) atoms. The van der Waals surface area contributed by atoms with Crippen LogP contribution in [0.15, 0.2) is 28.7 Å². The Morgan fingerprint density at radius 3 is 3.05 bits per heavy atom. The third-order valence-electron chi connectivity index (χ3n) is 3.34. The molecule has 1 unspecified atom stereocenters. The first-order valence-electron chi connectivity index (χ1n) is 6.13. The van der Waals surface area contributed by atoms with E-state index in [4.69, 9.17) is 11.6 Å². The minimum absolute atomic E-state index is 0.401. The molecular weight excluding hydrogens is 456 g/mol. The van der Waals surface area contributed by atoms with Gasteiger partial charge in [0.1, 0.15) is 0 Å². The van der Waals surface area contributed by atoms with Crippen LogP contribution < -0.4 is 5.32 Å². The smallest absolute Gasteiger partial charge is 0.0660 e. The van der Waals surface area contributed by atoms with Gasteiger partial charge in [-0.25, -0.2) is 0 Å². The van der Waals surface area contributed by atoms with Crippen LogP contribution >= 0.6 is 61.5 Å². The van der Waals surface area contributed by atoms with Gasteiger partial charge in [-0.1, -0.05) is 11.6 Å². The van der Waals surface area contributed by atoms with E-state index in [-0.39, 0.29) is 0 Å². The number of nitrogens with one attached hydrogen (secondary N) is 1. The summed E-state index contributed by atoms with van der Waals surface area (Å²) in [7, 11) is 0. The van der Waals surface area contributed by atoms with Crippen LogP contribution in [0.3, 0.4) is 0 Å². The number of fused-ring (bicyclic) bond motifs is 1. The summed E-state index contributed by atoms with van der Waals surface area (Å²) in [6, 6.07) is 8.59. The van der Waals surface area contributed by atoms with E-state index < -0.39 is 0 Å². The molecule has 2 aromatic rings. The minimum atomic E-state index is 0.401. The molecule has 1 atom stereocenters. The molecule has 0 saturated heterocycles. The molecule has 1 aromatic heterocycles. The van der Waals surface area contributed by atoms with Gasteiger partial charge in [-0.05, 0) is 87.6 Å². The van der Waals surface area contributed by atoms with Gasteiger partial charge in [-0.3, -0.25) is 0 Å². The number of benzene rings is 1. The summed E-state index contributed by atoms with van der Waals surface area (Å²) in [5, 5.41) is 4.40. The summed E-state index contributed by atoms with van der Waals surface area (Å²) in [5.41, 5.74) is 2.54. The number of rotatable bonds is 2. The lowest BCUT2D eigenvalue weighted by Gasteiger charge is -2.25. The minimum Gasteiger partial charge on any atom is -0.377 e. The summed E-state index contributed by atoms with van der Waals surface area (Å²) in [6.45, 7) is 0. The second-order valence-electron chi connectivity index (χ2n) is 4.64. The van der Waals surface area contributed by atoms with E-state index in [1.165, 1.54) is 32.6 Å². The van der Waals surface area contributed by atoms with Gasteiger partial charge >= 0.3 is 0 Å². The van der Waals surface area contributed by atoms with Gasteiger partial charge in [-0.15, -0.1) is 11.3 Å². The fraction of sp³-hybridized carbons (Fsp3) is 0.286. The van der Waals surface area contributed by atoms with Gasteiger partial charge in [0.2, 0.25) is 0 Å². The second kappa shape index (κ2) is 5.92. The van der Waals surface area contributed by atoms with Crippen molar-refractivity contribution in [3.8, 4) is 0 Å². The summed E-state index contributed by atoms with van der Waals surface area (Å²) in [6.07, 6.45) is 3.65. The molecule has 0 radical (unpaired) electrons. The van der Waals surface area contributed by atoms with E-state index >= 15 is 0 Å². The molecule has 1 nitrogen and oxygen atoms in total. The van der Waals surface area contributed by atoms with Crippen LogP contribution in [0.5, 0.6) is 0 Å². The normalized spacial score (nSPS) is 18.2. The molecule has 1 aromatic carbocycles. The molecule has 1 N–H and O–H groups in total. The fourth-order valence-corrected chi connectivity index (χ4v) is 5.12. The lowest BCUT2D eigenvalue weighted by Crippen LogP contribution is -2.15. The maximum atomic E-state index is 6.08. The molecule has 0 amide bonds. The summed E-state index contributed by atoms with van der Waals surface area (Å²) in [5.74, 6) is 0. The lowest BCUT2D eigenvalue weighted by molar-refractivity contribution is 0.608. The van der Waals surface area contributed by atoms with Gasteiger partial charge in [0.15, 0.2) is 0 Å². The molecule has 0 spiro atoms. The van der Waals surface area contributed by atoms with Crippen molar-refractivity contribution in [3.63, 3.8) is 0 Å². The number of halogens is 3. The summed E-state index contributed by atoms with van der Waals surface area (Å²) < 4.78 is 2.44. The topological polar surface area (TPSA) is 12.0 Å². The predicted molar refractivity (Wildman–Crippen MR) is 95.5 cm³/mol. The molecule has 5 heteroatoms. The molecule has 0 bridgehead atoms. The first-order valence-corrected chi connectivity index (χ1v) is 9.20.